The van der Waals surface area contributed by atoms with Gasteiger partial charge in [0.15, 0.2) is 0 Å². The van der Waals surface area contributed by atoms with Gasteiger partial charge in [0.05, 0.1) is 0 Å². The summed E-state index contributed by atoms with van der Waals surface area (Å²) in [4.78, 5) is 0. The molecule has 1 nitrogen and oxygen atoms in total. The molecule has 4 rings (SSSR count). The summed E-state index contributed by atoms with van der Waals surface area (Å²) in [6.45, 7) is 2.27. The Hall–Kier alpha value is -1.76. The fourth-order valence-corrected chi connectivity index (χ4v) is 4.15. The Kier molecular flexibility index (Phi) is 2.26. The number of nitrogen functional groups attached to an aromatic ring is 1. The van der Waals surface area contributed by atoms with Gasteiger partial charge in [0, 0.05) is 5.69 Å². The topological polar surface area (TPSA) is 26.0 Å². The van der Waals surface area contributed by atoms with Crippen LogP contribution in [0, 0.1) is 6.92 Å². The van der Waals surface area contributed by atoms with Crippen molar-refractivity contribution >= 4 is 5.69 Å². The summed E-state index contributed by atoms with van der Waals surface area (Å²) in [7, 11) is 0. The summed E-state index contributed by atoms with van der Waals surface area (Å²) in [5.74, 6) is 1.63. The first kappa shape index (κ1) is 11.1. The SMILES string of the molecule is Cc1ccc(-c2ccc(N)cc2)c2c1C1CCC2C1. The zero-order valence-electron chi connectivity index (χ0n) is 11.3. The summed E-state index contributed by atoms with van der Waals surface area (Å²) < 4.78 is 0. The molecule has 96 valence electrons. The third-order valence-corrected chi connectivity index (χ3v) is 4.98. The van der Waals surface area contributed by atoms with Gasteiger partial charge in [-0.1, -0.05) is 24.3 Å². The standard InChI is InChI=1S/C18H19N/c1-11-2-9-16(12-5-7-15(19)8-6-12)18-14-4-3-13(10-14)17(11)18/h2,5-9,13-14H,3-4,10,19H2,1H3. The van der Waals surface area contributed by atoms with Gasteiger partial charge in [-0.15, -0.1) is 0 Å². The van der Waals surface area contributed by atoms with Crippen LogP contribution in [0.5, 0.6) is 0 Å². The van der Waals surface area contributed by atoms with Crippen molar-refractivity contribution in [2.45, 2.75) is 38.0 Å². The lowest BCUT2D eigenvalue weighted by Crippen LogP contribution is -2.02. The predicted octanol–water partition coefficient (Wildman–Crippen LogP) is 4.61. The molecular weight excluding hydrogens is 230 g/mol. The molecule has 2 aliphatic carbocycles. The van der Waals surface area contributed by atoms with E-state index in [1.165, 1.54) is 36.0 Å². The minimum absolute atomic E-state index is 0.799. The number of nitrogens with two attached hydrogens (primary N) is 1. The van der Waals surface area contributed by atoms with Crippen molar-refractivity contribution < 1.29 is 0 Å². The van der Waals surface area contributed by atoms with Crippen LogP contribution >= 0.6 is 0 Å². The first-order valence-corrected chi connectivity index (χ1v) is 7.23. The number of anilines is 1. The quantitative estimate of drug-likeness (QED) is 0.734. The summed E-state index contributed by atoms with van der Waals surface area (Å²) in [6, 6.07) is 12.9. The zero-order valence-corrected chi connectivity index (χ0v) is 11.3. The van der Waals surface area contributed by atoms with Crippen molar-refractivity contribution in [3.63, 3.8) is 0 Å². The Balaban J connectivity index is 1.93. The Morgan fingerprint density at radius 2 is 1.58 bits per heavy atom. The zero-order chi connectivity index (χ0) is 13.0. The maximum absolute atomic E-state index is 5.80. The van der Waals surface area contributed by atoms with Crippen molar-refractivity contribution in [1.82, 2.24) is 0 Å². The van der Waals surface area contributed by atoms with Crippen molar-refractivity contribution in [2.24, 2.45) is 0 Å². The first-order valence-electron chi connectivity index (χ1n) is 7.23. The van der Waals surface area contributed by atoms with E-state index in [0.29, 0.717) is 0 Å². The summed E-state index contributed by atoms with van der Waals surface area (Å²) >= 11 is 0. The van der Waals surface area contributed by atoms with Gasteiger partial charge >= 0.3 is 0 Å². The van der Waals surface area contributed by atoms with E-state index in [0.717, 1.165) is 17.5 Å². The molecule has 0 saturated heterocycles. The molecule has 2 unspecified atom stereocenters. The summed E-state index contributed by atoms with van der Waals surface area (Å²) in [5, 5.41) is 0. The van der Waals surface area contributed by atoms with E-state index >= 15 is 0 Å². The molecule has 0 radical (unpaired) electrons. The molecule has 1 saturated carbocycles. The van der Waals surface area contributed by atoms with Crippen molar-refractivity contribution in [3.05, 3.63) is 53.1 Å². The number of fused-ring (bicyclic) bond motifs is 5. The van der Waals surface area contributed by atoms with E-state index in [1.807, 2.05) is 12.1 Å². The molecule has 0 spiro atoms. The lowest BCUT2D eigenvalue weighted by molar-refractivity contribution is 0.715. The minimum atomic E-state index is 0.799. The fourth-order valence-electron chi connectivity index (χ4n) is 4.15. The van der Waals surface area contributed by atoms with E-state index in [-0.39, 0.29) is 0 Å². The van der Waals surface area contributed by atoms with Crippen LogP contribution < -0.4 is 5.73 Å². The van der Waals surface area contributed by atoms with Crippen molar-refractivity contribution in [2.75, 3.05) is 5.73 Å². The summed E-state index contributed by atoms with van der Waals surface area (Å²) in [5.41, 5.74) is 14.2. The highest BCUT2D eigenvalue weighted by Gasteiger charge is 2.39. The maximum atomic E-state index is 5.80. The smallest absolute Gasteiger partial charge is 0.0314 e. The van der Waals surface area contributed by atoms with E-state index in [2.05, 4.69) is 31.2 Å². The highest BCUT2D eigenvalue weighted by molar-refractivity contribution is 5.73. The van der Waals surface area contributed by atoms with Crippen LogP contribution in [0.25, 0.3) is 11.1 Å². The van der Waals surface area contributed by atoms with E-state index in [1.54, 1.807) is 11.1 Å². The van der Waals surface area contributed by atoms with Gasteiger partial charge in [-0.25, -0.2) is 0 Å². The second-order valence-electron chi connectivity index (χ2n) is 6.09. The van der Waals surface area contributed by atoms with Gasteiger partial charge < -0.3 is 5.73 Å². The maximum Gasteiger partial charge on any atom is 0.0314 e. The molecule has 0 aromatic heterocycles. The van der Waals surface area contributed by atoms with Crippen LogP contribution in [-0.2, 0) is 0 Å². The average molecular weight is 249 g/mol. The van der Waals surface area contributed by atoms with Gasteiger partial charge in [0.25, 0.3) is 0 Å². The van der Waals surface area contributed by atoms with Gasteiger partial charge in [0.1, 0.15) is 0 Å². The van der Waals surface area contributed by atoms with Crippen LogP contribution in [-0.4, -0.2) is 0 Å². The molecular formula is C18H19N. The van der Waals surface area contributed by atoms with Crippen molar-refractivity contribution in [3.8, 4) is 11.1 Å². The van der Waals surface area contributed by atoms with Crippen LogP contribution in [0.15, 0.2) is 36.4 Å². The molecule has 2 aromatic rings. The fraction of sp³-hybridized carbons (Fsp3) is 0.333. The molecule has 0 aliphatic heterocycles. The number of hydrogen-bond donors (Lipinski definition) is 1. The Labute approximate surface area is 114 Å². The Morgan fingerprint density at radius 1 is 0.895 bits per heavy atom. The number of rotatable bonds is 1. The molecule has 1 heteroatoms. The molecule has 0 amide bonds. The van der Waals surface area contributed by atoms with Gasteiger partial charge in [-0.2, -0.15) is 0 Å². The third kappa shape index (κ3) is 1.54. The molecule has 2 aromatic carbocycles. The first-order chi connectivity index (χ1) is 9.24. The highest BCUT2D eigenvalue weighted by atomic mass is 14.5. The minimum Gasteiger partial charge on any atom is -0.399 e. The number of aryl methyl sites for hydroxylation is 1. The molecule has 19 heavy (non-hydrogen) atoms. The monoisotopic (exact) mass is 249 g/mol. The molecule has 0 heterocycles. The van der Waals surface area contributed by atoms with E-state index in [9.17, 15) is 0 Å². The lowest BCUT2D eigenvalue weighted by Gasteiger charge is -2.21. The average Bonchev–Trinajstić information content (AvgIpc) is 3.02. The second kappa shape index (κ2) is 3.86. The number of benzene rings is 2. The highest BCUT2D eigenvalue weighted by Crippen LogP contribution is 2.56. The normalized spacial score (nSPS) is 23.6. The molecule has 1 fully saturated rings. The van der Waals surface area contributed by atoms with E-state index < -0.39 is 0 Å². The Bertz CT molecular complexity index is 639. The van der Waals surface area contributed by atoms with Gasteiger partial charge in [-0.05, 0) is 78.0 Å². The molecule has 2 N–H and O–H groups in total. The van der Waals surface area contributed by atoms with Crippen LogP contribution in [0.3, 0.4) is 0 Å². The Morgan fingerprint density at radius 3 is 2.32 bits per heavy atom. The molecule has 2 bridgehead atoms. The van der Waals surface area contributed by atoms with E-state index in [4.69, 9.17) is 5.73 Å². The second-order valence-corrected chi connectivity index (χ2v) is 6.09. The summed E-state index contributed by atoms with van der Waals surface area (Å²) in [6.07, 6.45) is 4.15. The predicted molar refractivity (Wildman–Crippen MR) is 80.4 cm³/mol. The third-order valence-electron chi connectivity index (χ3n) is 4.98. The lowest BCUT2D eigenvalue weighted by atomic mass is 9.83. The van der Waals surface area contributed by atoms with Crippen LogP contribution in [0.4, 0.5) is 5.69 Å². The van der Waals surface area contributed by atoms with Crippen LogP contribution in [0.1, 0.15) is 47.8 Å². The van der Waals surface area contributed by atoms with Gasteiger partial charge in [0.2, 0.25) is 0 Å². The molecule has 2 atom stereocenters. The largest absolute Gasteiger partial charge is 0.399 e. The number of hydrogen-bond acceptors (Lipinski definition) is 1. The molecule has 2 aliphatic rings. The van der Waals surface area contributed by atoms with Gasteiger partial charge in [-0.3, -0.25) is 0 Å². The van der Waals surface area contributed by atoms with Crippen LogP contribution in [0.2, 0.25) is 0 Å². The van der Waals surface area contributed by atoms with Crippen molar-refractivity contribution in [1.29, 1.82) is 0 Å².